The quantitative estimate of drug-likeness (QED) is 0.792. The van der Waals surface area contributed by atoms with Crippen LogP contribution in [0.1, 0.15) is 58.3 Å². The van der Waals surface area contributed by atoms with Gasteiger partial charge in [-0.3, -0.25) is 0 Å². The van der Waals surface area contributed by atoms with Crippen molar-refractivity contribution < 1.29 is 0 Å². The molecule has 0 spiro atoms. The van der Waals surface area contributed by atoms with Crippen LogP contribution in [0.2, 0.25) is 0 Å². The Kier molecular flexibility index (Phi) is 5.79. The monoisotopic (exact) mass is 238 g/mol. The largest absolute Gasteiger partial charge is 0.317 e. The highest BCUT2D eigenvalue weighted by atomic mass is 15.2. The van der Waals surface area contributed by atoms with Gasteiger partial charge in [0.05, 0.1) is 0 Å². The van der Waals surface area contributed by atoms with E-state index in [9.17, 15) is 0 Å². The van der Waals surface area contributed by atoms with Crippen molar-refractivity contribution in [1.82, 2.24) is 10.2 Å². The molecule has 0 unspecified atom stereocenters. The number of hydrogen-bond donors (Lipinski definition) is 1. The molecule has 2 aliphatic rings. The van der Waals surface area contributed by atoms with Gasteiger partial charge in [-0.25, -0.2) is 0 Å². The fraction of sp³-hybridized carbons (Fsp3) is 1.00. The third kappa shape index (κ3) is 4.26. The molecule has 1 heterocycles. The second kappa shape index (κ2) is 7.38. The molecule has 100 valence electrons. The Morgan fingerprint density at radius 2 is 1.71 bits per heavy atom. The Morgan fingerprint density at radius 1 is 1.00 bits per heavy atom. The number of nitrogens with one attached hydrogen (secondary N) is 1. The van der Waals surface area contributed by atoms with Crippen LogP contribution in [0.5, 0.6) is 0 Å². The van der Waals surface area contributed by atoms with Crippen LogP contribution in [0, 0.1) is 5.92 Å². The summed E-state index contributed by atoms with van der Waals surface area (Å²) in [7, 11) is 0. The van der Waals surface area contributed by atoms with Crippen molar-refractivity contribution in [3.05, 3.63) is 0 Å². The van der Waals surface area contributed by atoms with E-state index < -0.39 is 0 Å². The predicted molar refractivity (Wildman–Crippen MR) is 74.3 cm³/mol. The van der Waals surface area contributed by atoms with Crippen molar-refractivity contribution in [1.29, 1.82) is 0 Å². The molecule has 0 atom stereocenters. The molecule has 0 bridgehead atoms. The molecule has 1 N–H and O–H groups in total. The van der Waals surface area contributed by atoms with E-state index in [1.54, 1.807) is 0 Å². The van der Waals surface area contributed by atoms with Gasteiger partial charge in [-0.15, -0.1) is 0 Å². The van der Waals surface area contributed by atoms with E-state index >= 15 is 0 Å². The minimum atomic E-state index is 0.915. The van der Waals surface area contributed by atoms with E-state index in [0.29, 0.717) is 0 Å². The molecule has 2 nitrogen and oxygen atoms in total. The third-order valence-electron chi connectivity index (χ3n) is 4.55. The first-order chi connectivity index (χ1) is 8.40. The van der Waals surface area contributed by atoms with Crippen molar-refractivity contribution in [2.24, 2.45) is 5.92 Å². The predicted octanol–water partition coefficient (Wildman–Crippen LogP) is 3.03. The molecule has 0 radical (unpaired) electrons. The topological polar surface area (TPSA) is 15.3 Å². The zero-order valence-corrected chi connectivity index (χ0v) is 11.6. The molecule has 2 heteroatoms. The molecule has 0 amide bonds. The molecule has 1 saturated heterocycles. The zero-order valence-electron chi connectivity index (χ0n) is 11.6. The van der Waals surface area contributed by atoms with Gasteiger partial charge in [0, 0.05) is 12.6 Å². The molecule has 0 aromatic heterocycles. The summed E-state index contributed by atoms with van der Waals surface area (Å²) in [5.74, 6) is 0.963. The maximum absolute atomic E-state index is 3.48. The standard InChI is InChI=1S/C15H30N2/c1-2-12-17(15-6-4-3-5-7-15)13-14-8-10-16-11-9-14/h14-16H,2-13H2,1H3. The molecule has 0 aromatic carbocycles. The van der Waals surface area contributed by atoms with Crippen LogP contribution in [-0.4, -0.2) is 37.1 Å². The molecule has 0 aromatic rings. The lowest BCUT2D eigenvalue weighted by atomic mass is 9.91. The average Bonchev–Trinajstić information content (AvgIpc) is 2.40. The molecule has 1 aliphatic heterocycles. The Bertz CT molecular complexity index is 193. The smallest absolute Gasteiger partial charge is 0.00953 e. The van der Waals surface area contributed by atoms with Crippen LogP contribution >= 0.6 is 0 Å². The molecule has 1 aliphatic carbocycles. The minimum absolute atomic E-state index is 0.915. The fourth-order valence-corrected chi connectivity index (χ4v) is 3.55. The van der Waals surface area contributed by atoms with E-state index in [0.717, 1.165) is 12.0 Å². The van der Waals surface area contributed by atoms with Crippen molar-refractivity contribution >= 4 is 0 Å². The van der Waals surface area contributed by atoms with E-state index in [-0.39, 0.29) is 0 Å². The van der Waals surface area contributed by atoms with E-state index in [1.807, 2.05) is 0 Å². The van der Waals surface area contributed by atoms with E-state index in [1.165, 1.54) is 77.5 Å². The average molecular weight is 238 g/mol. The van der Waals surface area contributed by atoms with Gasteiger partial charge in [-0.1, -0.05) is 26.2 Å². The highest BCUT2D eigenvalue weighted by Crippen LogP contribution is 2.25. The number of nitrogens with zero attached hydrogens (tertiary/aromatic N) is 1. The molecule has 2 rings (SSSR count). The molecule has 17 heavy (non-hydrogen) atoms. The van der Waals surface area contributed by atoms with E-state index in [4.69, 9.17) is 0 Å². The van der Waals surface area contributed by atoms with Crippen LogP contribution in [-0.2, 0) is 0 Å². The Labute approximate surface area is 107 Å². The van der Waals surface area contributed by atoms with Gasteiger partial charge in [0.25, 0.3) is 0 Å². The zero-order chi connectivity index (χ0) is 11.9. The SMILES string of the molecule is CCCN(CC1CCNCC1)C1CCCCC1. The number of rotatable bonds is 5. The van der Waals surface area contributed by atoms with Gasteiger partial charge in [0.15, 0.2) is 0 Å². The van der Waals surface area contributed by atoms with Gasteiger partial charge in [-0.05, 0) is 57.7 Å². The van der Waals surface area contributed by atoms with Gasteiger partial charge in [-0.2, -0.15) is 0 Å². The Hall–Kier alpha value is -0.0800. The summed E-state index contributed by atoms with van der Waals surface area (Å²) in [5.41, 5.74) is 0. The summed E-state index contributed by atoms with van der Waals surface area (Å²) in [6.45, 7) is 7.53. The van der Waals surface area contributed by atoms with E-state index in [2.05, 4.69) is 17.1 Å². The maximum atomic E-state index is 3.48. The summed E-state index contributed by atoms with van der Waals surface area (Å²) in [6, 6.07) is 0.915. The molecule has 1 saturated carbocycles. The number of piperidine rings is 1. The Morgan fingerprint density at radius 3 is 2.35 bits per heavy atom. The first-order valence-electron chi connectivity index (χ1n) is 7.85. The van der Waals surface area contributed by atoms with Crippen molar-refractivity contribution in [3.8, 4) is 0 Å². The van der Waals surface area contributed by atoms with Crippen molar-refractivity contribution in [2.45, 2.75) is 64.3 Å². The summed E-state index contributed by atoms with van der Waals surface area (Å²) < 4.78 is 0. The lowest BCUT2D eigenvalue weighted by Crippen LogP contribution is -2.42. The second-order valence-corrected chi connectivity index (χ2v) is 5.98. The molecular weight excluding hydrogens is 208 g/mol. The highest BCUT2D eigenvalue weighted by Gasteiger charge is 2.23. The third-order valence-corrected chi connectivity index (χ3v) is 4.55. The summed E-state index contributed by atoms with van der Waals surface area (Å²) in [5, 5.41) is 3.48. The summed E-state index contributed by atoms with van der Waals surface area (Å²) in [6.07, 6.45) is 11.5. The number of hydrogen-bond acceptors (Lipinski definition) is 2. The van der Waals surface area contributed by atoms with Crippen LogP contribution in [0.25, 0.3) is 0 Å². The lowest BCUT2D eigenvalue weighted by Gasteiger charge is -2.37. The lowest BCUT2D eigenvalue weighted by molar-refractivity contribution is 0.123. The van der Waals surface area contributed by atoms with Crippen LogP contribution < -0.4 is 5.32 Å². The van der Waals surface area contributed by atoms with Crippen LogP contribution in [0.15, 0.2) is 0 Å². The van der Waals surface area contributed by atoms with Crippen LogP contribution in [0.4, 0.5) is 0 Å². The van der Waals surface area contributed by atoms with Crippen LogP contribution in [0.3, 0.4) is 0 Å². The minimum Gasteiger partial charge on any atom is -0.317 e. The van der Waals surface area contributed by atoms with Gasteiger partial charge in [0.2, 0.25) is 0 Å². The summed E-state index contributed by atoms with van der Waals surface area (Å²) in [4.78, 5) is 2.83. The second-order valence-electron chi connectivity index (χ2n) is 5.98. The van der Waals surface area contributed by atoms with Crippen molar-refractivity contribution in [2.75, 3.05) is 26.2 Å². The van der Waals surface area contributed by atoms with Gasteiger partial charge >= 0.3 is 0 Å². The molecular formula is C15H30N2. The first-order valence-corrected chi connectivity index (χ1v) is 7.85. The Balaban J connectivity index is 1.81. The highest BCUT2D eigenvalue weighted by molar-refractivity contribution is 4.79. The fourth-order valence-electron chi connectivity index (χ4n) is 3.55. The van der Waals surface area contributed by atoms with Crippen molar-refractivity contribution in [3.63, 3.8) is 0 Å². The maximum Gasteiger partial charge on any atom is 0.00953 e. The normalized spacial score (nSPS) is 24.4. The van der Waals surface area contributed by atoms with Gasteiger partial charge in [0.1, 0.15) is 0 Å². The molecule has 2 fully saturated rings. The van der Waals surface area contributed by atoms with Gasteiger partial charge < -0.3 is 10.2 Å². The first kappa shape index (κ1) is 13.4. The summed E-state index contributed by atoms with van der Waals surface area (Å²) >= 11 is 0.